The lowest BCUT2D eigenvalue weighted by atomic mass is 10.1. The summed E-state index contributed by atoms with van der Waals surface area (Å²) in [6.07, 6.45) is 0. The van der Waals surface area contributed by atoms with Crippen LogP contribution in [0.25, 0.3) is 0 Å². The van der Waals surface area contributed by atoms with E-state index in [1.54, 1.807) is 30.3 Å². The molecule has 0 saturated heterocycles. The summed E-state index contributed by atoms with van der Waals surface area (Å²) in [4.78, 5) is 23.4. The van der Waals surface area contributed by atoms with Gasteiger partial charge in [-0.3, -0.25) is 4.79 Å². The fourth-order valence-corrected chi connectivity index (χ4v) is 2.10. The average Bonchev–Trinajstić information content (AvgIpc) is 2.45. The molecule has 4 nitrogen and oxygen atoms in total. The number of rotatable bonds is 4. The zero-order chi connectivity index (χ0) is 15.4. The summed E-state index contributed by atoms with van der Waals surface area (Å²) >= 11 is 5.79. The molecule has 0 aliphatic heterocycles. The molecule has 1 atom stereocenters. The van der Waals surface area contributed by atoms with Gasteiger partial charge in [-0.2, -0.15) is 0 Å². The van der Waals surface area contributed by atoms with Gasteiger partial charge in [-0.1, -0.05) is 48.0 Å². The first-order valence-corrected chi connectivity index (χ1v) is 6.41. The number of halogens is 2. The van der Waals surface area contributed by atoms with E-state index in [-0.39, 0.29) is 10.6 Å². The van der Waals surface area contributed by atoms with Crippen LogP contribution in [-0.4, -0.2) is 17.0 Å². The predicted octanol–water partition coefficient (Wildman–Crippen LogP) is 3.03. The normalized spacial score (nSPS) is 11.7. The van der Waals surface area contributed by atoms with Crippen molar-refractivity contribution in [3.8, 4) is 0 Å². The molecule has 6 heteroatoms. The summed E-state index contributed by atoms with van der Waals surface area (Å²) in [6.45, 7) is 0. The van der Waals surface area contributed by atoms with Crippen LogP contribution in [0, 0.1) is 5.82 Å². The van der Waals surface area contributed by atoms with E-state index in [4.69, 9.17) is 11.6 Å². The molecule has 0 saturated carbocycles. The van der Waals surface area contributed by atoms with Gasteiger partial charge in [0.1, 0.15) is 5.82 Å². The summed E-state index contributed by atoms with van der Waals surface area (Å²) < 4.78 is 13.7. The Bertz CT molecular complexity index is 656. The van der Waals surface area contributed by atoms with E-state index in [9.17, 15) is 19.1 Å². The summed E-state index contributed by atoms with van der Waals surface area (Å²) in [5.74, 6) is -2.94. The van der Waals surface area contributed by atoms with Crippen molar-refractivity contribution in [2.75, 3.05) is 0 Å². The molecule has 1 amide bonds. The van der Waals surface area contributed by atoms with Crippen LogP contribution in [0.3, 0.4) is 0 Å². The van der Waals surface area contributed by atoms with Crippen LogP contribution in [0.1, 0.15) is 22.0 Å². The molecular formula is C15H11ClFNO3. The Balaban J connectivity index is 2.30. The Morgan fingerprint density at radius 3 is 2.33 bits per heavy atom. The molecule has 0 bridgehead atoms. The van der Waals surface area contributed by atoms with Crippen LogP contribution in [0.2, 0.25) is 5.02 Å². The van der Waals surface area contributed by atoms with Gasteiger partial charge in [0.2, 0.25) is 0 Å². The lowest BCUT2D eigenvalue weighted by Crippen LogP contribution is -2.34. The number of amides is 1. The number of carboxylic acid groups (broad SMARTS) is 1. The molecule has 0 aliphatic rings. The maximum atomic E-state index is 13.7. The van der Waals surface area contributed by atoms with Gasteiger partial charge in [-0.05, 0) is 17.7 Å². The van der Waals surface area contributed by atoms with Gasteiger partial charge in [0.25, 0.3) is 5.91 Å². The second-order valence-electron chi connectivity index (χ2n) is 4.25. The Kier molecular flexibility index (Phi) is 4.55. The summed E-state index contributed by atoms with van der Waals surface area (Å²) in [6, 6.07) is 10.6. The van der Waals surface area contributed by atoms with Gasteiger partial charge in [-0.25, -0.2) is 9.18 Å². The molecule has 108 valence electrons. The Morgan fingerprint density at radius 1 is 1.10 bits per heavy atom. The highest BCUT2D eigenvalue weighted by Crippen LogP contribution is 2.20. The van der Waals surface area contributed by atoms with Crippen molar-refractivity contribution >= 4 is 23.5 Å². The molecule has 0 aliphatic carbocycles. The van der Waals surface area contributed by atoms with Gasteiger partial charge >= 0.3 is 5.97 Å². The maximum absolute atomic E-state index is 13.7. The molecule has 0 spiro atoms. The minimum atomic E-state index is -1.28. The van der Waals surface area contributed by atoms with Crippen LogP contribution < -0.4 is 5.32 Å². The highest BCUT2D eigenvalue weighted by molar-refractivity contribution is 6.33. The van der Waals surface area contributed by atoms with Crippen molar-refractivity contribution in [2.45, 2.75) is 6.04 Å². The number of carbonyl (C=O) groups is 2. The van der Waals surface area contributed by atoms with Gasteiger partial charge < -0.3 is 10.4 Å². The molecule has 2 N–H and O–H groups in total. The molecule has 0 heterocycles. The number of hydrogen-bond donors (Lipinski definition) is 2. The molecule has 2 rings (SSSR count). The quantitative estimate of drug-likeness (QED) is 0.912. The zero-order valence-corrected chi connectivity index (χ0v) is 11.5. The Labute approximate surface area is 125 Å². The zero-order valence-electron chi connectivity index (χ0n) is 10.7. The van der Waals surface area contributed by atoms with E-state index in [1.807, 2.05) is 0 Å². The molecule has 21 heavy (non-hydrogen) atoms. The molecule has 2 aromatic carbocycles. The number of carbonyl (C=O) groups excluding carboxylic acids is 1. The van der Waals surface area contributed by atoms with Crippen molar-refractivity contribution < 1.29 is 19.1 Å². The standard InChI is InChI=1S/C15H11ClFNO3/c16-10-7-4-8-11(17)12(10)14(19)18-13(15(20)21)9-5-2-1-3-6-9/h1-8,13H,(H,18,19)(H,20,21). The number of aliphatic carboxylic acids is 1. The first kappa shape index (κ1) is 15.0. The van der Waals surface area contributed by atoms with Crippen molar-refractivity contribution in [1.82, 2.24) is 5.32 Å². The maximum Gasteiger partial charge on any atom is 0.330 e. The Hall–Kier alpha value is -2.40. The second kappa shape index (κ2) is 6.37. The third kappa shape index (κ3) is 3.38. The SMILES string of the molecule is O=C(NC(C(=O)O)c1ccccc1)c1c(F)cccc1Cl. The Morgan fingerprint density at radius 2 is 1.76 bits per heavy atom. The van der Waals surface area contributed by atoms with E-state index < -0.39 is 23.7 Å². The molecular weight excluding hydrogens is 297 g/mol. The van der Waals surface area contributed by atoms with Gasteiger partial charge in [0.05, 0.1) is 10.6 Å². The van der Waals surface area contributed by atoms with Gasteiger partial charge in [-0.15, -0.1) is 0 Å². The molecule has 2 aromatic rings. The summed E-state index contributed by atoms with van der Waals surface area (Å²) in [7, 11) is 0. The van der Waals surface area contributed by atoms with Crippen LogP contribution in [0.4, 0.5) is 4.39 Å². The van der Waals surface area contributed by atoms with Gasteiger partial charge in [0, 0.05) is 0 Å². The average molecular weight is 308 g/mol. The third-order valence-corrected chi connectivity index (χ3v) is 3.16. The second-order valence-corrected chi connectivity index (χ2v) is 4.66. The molecule has 0 radical (unpaired) electrons. The number of hydrogen-bond acceptors (Lipinski definition) is 2. The number of benzene rings is 2. The largest absolute Gasteiger partial charge is 0.479 e. The first-order chi connectivity index (χ1) is 10.0. The molecule has 1 unspecified atom stereocenters. The first-order valence-electron chi connectivity index (χ1n) is 6.03. The van der Waals surface area contributed by atoms with Crippen LogP contribution >= 0.6 is 11.6 Å². The van der Waals surface area contributed by atoms with Crippen molar-refractivity contribution in [3.63, 3.8) is 0 Å². The van der Waals surface area contributed by atoms with E-state index in [0.717, 1.165) is 6.07 Å². The van der Waals surface area contributed by atoms with Gasteiger partial charge in [0.15, 0.2) is 6.04 Å². The van der Waals surface area contributed by atoms with Crippen molar-refractivity contribution in [1.29, 1.82) is 0 Å². The van der Waals surface area contributed by atoms with Crippen LogP contribution in [0.5, 0.6) is 0 Å². The summed E-state index contributed by atoms with van der Waals surface area (Å²) in [5, 5.41) is 11.4. The van der Waals surface area contributed by atoms with Crippen LogP contribution in [-0.2, 0) is 4.79 Å². The molecule has 0 aromatic heterocycles. The minimum Gasteiger partial charge on any atom is -0.479 e. The lowest BCUT2D eigenvalue weighted by molar-refractivity contribution is -0.139. The lowest BCUT2D eigenvalue weighted by Gasteiger charge is -2.15. The van der Waals surface area contributed by atoms with E-state index in [1.165, 1.54) is 12.1 Å². The van der Waals surface area contributed by atoms with E-state index >= 15 is 0 Å². The topological polar surface area (TPSA) is 66.4 Å². The fraction of sp³-hybridized carbons (Fsp3) is 0.0667. The van der Waals surface area contributed by atoms with Crippen LogP contribution in [0.15, 0.2) is 48.5 Å². The monoisotopic (exact) mass is 307 g/mol. The fourth-order valence-electron chi connectivity index (χ4n) is 1.85. The smallest absolute Gasteiger partial charge is 0.330 e. The van der Waals surface area contributed by atoms with Crippen molar-refractivity contribution in [3.05, 3.63) is 70.5 Å². The highest BCUT2D eigenvalue weighted by Gasteiger charge is 2.25. The third-order valence-electron chi connectivity index (χ3n) is 2.85. The van der Waals surface area contributed by atoms with Crippen molar-refractivity contribution in [2.24, 2.45) is 0 Å². The highest BCUT2D eigenvalue weighted by atomic mass is 35.5. The van der Waals surface area contributed by atoms with E-state index in [2.05, 4.69) is 5.32 Å². The number of nitrogens with one attached hydrogen (secondary N) is 1. The van der Waals surface area contributed by atoms with E-state index in [0.29, 0.717) is 5.56 Å². The predicted molar refractivity (Wildman–Crippen MR) is 75.7 cm³/mol. The minimum absolute atomic E-state index is 0.0790. The number of carboxylic acids is 1. The summed E-state index contributed by atoms with van der Waals surface area (Å²) in [5.41, 5.74) is 0.00663. The molecule has 0 fully saturated rings.